The summed E-state index contributed by atoms with van der Waals surface area (Å²) >= 11 is 0. The van der Waals surface area contributed by atoms with E-state index in [4.69, 9.17) is 18.6 Å². The van der Waals surface area contributed by atoms with Crippen molar-refractivity contribution >= 4 is 23.5 Å². The van der Waals surface area contributed by atoms with Gasteiger partial charge in [0.1, 0.15) is 5.75 Å². The zero-order valence-corrected chi connectivity index (χ0v) is 18.5. The molecule has 2 heterocycles. The van der Waals surface area contributed by atoms with Crippen LogP contribution in [0.25, 0.3) is 0 Å². The minimum atomic E-state index is -0.440. The van der Waals surface area contributed by atoms with Crippen molar-refractivity contribution in [3.63, 3.8) is 0 Å². The van der Waals surface area contributed by atoms with Crippen LogP contribution in [0.4, 0.5) is 11.7 Å². The lowest BCUT2D eigenvalue weighted by Crippen LogP contribution is -2.24. The largest absolute Gasteiger partial charge is 0.494 e. The van der Waals surface area contributed by atoms with Crippen LogP contribution in [0, 0.1) is 0 Å². The Balaban J connectivity index is 1.42. The van der Waals surface area contributed by atoms with Crippen molar-refractivity contribution < 1.29 is 28.2 Å². The highest BCUT2D eigenvalue weighted by atomic mass is 16.5. The van der Waals surface area contributed by atoms with Gasteiger partial charge in [0, 0.05) is 24.2 Å². The van der Waals surface area contributed by atoms with Crippen molar-refractivity contribution in [3.8, 4) is 17.2 Å². The van der Waals surface area contributed by atoms with Crippen LogP contribution in [0.3, 0.4) is 0 Å². The van der Waals surface area contributed by atoms with Crippen molar-refractivity contribution in [2.75, 3.05) is 37.6 Å². The molecule has 1 atom stereocenters. The van der Waals surface area contributed by atoms with E-state index in [2.05, 4.69) is 15.5 Å². The lowest BCUT2D eigenvalue weighted by atomic mass is 10.1. The molecule has 0 radical (unpaired) electrons. The molecule has 172 valence electrons. The van der Waals surface area contributed by atoms with Crippen LogP contribution in [-0.4, -0.2) is 49.4 Å². The summed E-state index contributed by atoms with van der Waals surface area (Å²) in [6.45, 7) is 2.89. The maximum absolute atomic E-state index is 12.6. The van der Waals surface area contributed by atoms with Gasteiger partial charge in [0.2, 0.25) is 11.8 Å². The maximum Gasteiger partial charge on any atom is 0.322 e. The Bertz CT molecular complexity index is 1140. The number of rotatable bonds is 8. The van der Waals surface area contributed by atoms with Crippen LogP contribution in [0.5, 0.6) is 17.2 Å². The molecule has 1 aromatic heterocycles. The zero-order valence-electron chi connectivity index (χ0n) is 18.5. The number of nitrogens with one attached hydrogen (secondary N) is 1. The average molecular weight is 452 g/mol. The quantitative estimate of drug-likeness (QED) is 0.554. The van der Waals surface area contributed by atoms with E-state index in [-0.39, 0.29) is 24.3 Å². The summed E-state index contributed by atoms with van der Waals surface area (Å²) in [6.07, 6.45) is 0.235. The molecule has 1 saturated heterocycles. The van der Waals surface area contributed by atoms with E-state index in [1.807, 2.05) is 31.2 Å². The number of hydrogen-bond acceptors (Lipinski definition) is 8. The Morgan fingerprint density at radius 2 is 1.88 bits per heavy atom. The molecule has 1 fully saturated rings. The molecule has 0 saturated carbocycles. The van der Waals surface area contributed by atoms with Gasteiger partial charge in [0.15, 0.2) is 11.5 Å². The predicted molar refractivity (Wildman–Crippen MR) is 119 cm³/mol. The molecule has 33 heavy (non-hydrogen) atoms. The second-order valence-electron chi connectivity index (χ2n) is 7.30. The number of amides is 2. The molecule has 0 unspecified atom stereocenters. The number of nitrogens with zero attached hydrogens (tertiary/aromatic N) is 3. The highest BCUT2D eigenvalue weighted by Crippen LogP contribution is 2.33. The van der Waals surface area contributed by atoms with Crippen LogP contribution in [0.1, 0.15) is 35.5 Å². The first kappa shape index (κ1) is 22.1. The fourth-order valence-electron chi connectivity index (χ4n) is 3.61. The maximum atomic E-state index is 12.6. The molecule has 2 aromatic carbocycles. The molecule has 0 bridgehead atoms. The highest BCUT2D eigenvalue weighted by molar-refractivity contribution is 6.03. The molecule has 1 aliphatic rings. The van der Waals surface area contributed by atoms with Gasteiger partial charge in [-0.05, 0) is 49.4 Å². The van der Waals surface area contributed by atoms with E-state index in [1.165, 1.54) is 14.2 Å². The van der Waals surface area contributed by atoms with Gasteiger partial charge in [0.25, 0.3) is 5.91 Å². The van der Waals surface area contributed by atoms with Crippen LogP contribution in [-0.2, 0) is 4.79 Å². The van der Waals surface area contributed by atoms with E-state index in [9.17, 15) is 9.59 Å². The van der Waals surface area contributed by atoms with Crippen LogP contribution >= 0.6 is 0 Å². The number of ether oxygens (including phenoxy) is 3. The summed E-state index contributed by atoms with van der Waals surface area (Å²) in [7, 11) is 3.01. The van der Waals surface area contributed by atoms with E-state index in [1.54, 1.807) is 23.1 Å². The molecule has 4 rings (SSSR count). The Morgan fingerprint density at radius 3 is 2.58 bits per heavy atom. The standard InChI is InChI=1S/C23H24N4O6/c1-4-32-17-8-6-16(7-9-17)27-13-15(12-20(27)28)22-25-26-23(33-22)24-21(29)14-5-10-18(30-2)19(11-14)31-3/h5-11,15H,4,12-13H2,1-3H3,(H,24,26,29)/t15-/m0/s1. The number of carbonyl (C=O) groups excluding carboxylic acids is 2. The Hall–Kier alpha value is -4.08. The number of carbonyl (C=O) groups is 2. The summed E-state index contributed by atoms with van der Waals surface area (Å²) in [5.74, 6) is 1.22. The van der Waals surface area contributed by atoms with Gasteiger partial charge < -0.3 is 23.5 Å². The first-order chi connectivity index (χ1) is 16.0. The summed E-state index contributed by atoms with van der Waals surface area (Å²) in [4.78, 5) is 26.8. The normalized spacial score (nSPS) is 15.4. The van der Waals surface area contributed by atoms with Crippen LogP contribution in [0.15, 0.2) is 46.9 Å². The topological polar surface area (TPSA) is 116 Å². The molecule has 0 aliphatic carbocycles. The molecule has 10 nitrogen and oxygen atoms in total. The number of hydrogen-bond donors (Lipinski definition) is 1. The van der Waals surface area contributed by atoms with Crippen molar-refractivity contribution in [2.24, 2.45) is 0 Å². The van der Waals surface area contributed by atoms with Gasteiger partial charge in [-0.15, -0.1) is 5.10 Å². The second-order valence-corrected chi connectivity index (χ2v) is 7.30. The summed E-state index contributed by atoms with van der Waals surface area (Å²) in [6, 6.07) is 12.1. The Kier molecular flexibility index (Phi) is 6.43. The smallest absolute Gasteiger partial charge is 0.322 e. The van der Waals surface area contributed by atoms with E-state index in [0.29, 0.717) is 36.1 Å². The fourth-order valence-corrected chi connectivity index (χ4v) is 3.61. The summed E-state index contributed by atoms with van der Waals surface area (Å²) < 4.78 is 21.5. The van der Waals surface area contributed by atoms with Gasteiger partial charge in [-0.2, -0.15) is 0 Å². The van der Waals surface area contributed by atoms with Crippen molar-refractivity contribution in [1.29, 1.82) is 0 Å². The Morgan fingerprint density at radius 1 is 1.12 bits per heavy atom. The number of anilines is 2. The zero-order chi connectivity index (χ0) is 23.4. The Labute approximate surface area is 190 Å². The lowest BCUT2D eigenvalue weighted by Gasteiger charge is -2.16. The van der Waals surface area contributed by atoms with Gasteiger partial charge in [-0.1, -0.05) is 5.10 Å². The molecule has 0 spiro atoms. The minimum absolute atomic E-state index is 0.0433. The molecule has 1 N–H and O–H groups in total. The van der Waals surface area contributed by atoms with E-state index < -0.39 is 5.91 Å². The van der Waals surface area contributed by atoms with Crippen molar-refractivity contribution in [3.05, 3.63) is 53.9 Å². The van der Waals surface area contributed by atoms with Gasteiger partial charge >= 0.3 is 6.01 Å². The monoisotopic (exact) mass is 452 g/mol. The average Bonchev–Trinajstić information content (AvgIpc) is 3.45. The molecule has 1 aliphatic heterocycles. The molecule has 3 aromatic rings. The predicted octanol–water partition coefficient (Wildman–Crippen LogP) is 3.26. The SMILES string of the molecule is CCOc1ccc(N2C[C@@H](c3nnc(NC(=O)c4ccc(OC)c(OC)c4)o3)CC2=O)cc1. The van der Waals surface area contributed by atoms with E-state index >= 15 is 0 Å². The first-order valence-electron chi connectivity index (χ1n) is 10.4. The third-order valence-corrected chi connectivity index (χ3v) is 5.24. The van der Waals surface area contributed by atoms with Gasteiger partial charge in [-0.3, -0.25) is 14.9 Å². The number of methoxy groups -OCH3 is 2. The first-order valence-corrected chi connectivity index (χ1v) is 10.4. The number of benzene rings is 2. The van der Waals surface area contributed by atoms with Crippen LogP contribution in [0.2, 0.25) is 0 Å². The minimum Gasteiger partial charge on any atom is -0.494 e. The molecule has 10 heteroatoms. The third kappa shape index (κ3) is 4.74. The highest BCUT2D eigenvalue weighted by Gasteiger charge is 2.35. The molecule has 2 amide bonds. The second kappa shape index (κ2) is 9.60. The summed E-state index contributed by atoms with van der Waals surface area (Å²) in [5, 5.41) is 10.5. The van der Waals surface area contributed by atoms with Crippen molar-refractivity contribution in [2.45, 2.75) is 19.3 Å². The summed E-state index contributed by atoms with van der Waals surface area (Å²) in [5.41, 5.74) is 1.11. The van der Waals surface area contributed by atoms with Gasteiger partial charge in [-0.25, -0.2) is 0 Å². The molecular weight excluding hydrogens is 428 g/mol. The lowest BCUT2D eigenvalue weighted by molar-refractivity contribution is -0.117. The van der Waals surface area contributed by atoms with E-state index in [0.717, 1.165) is 11.4 Å². The van der Waals surface area contributed by atoms with Crippen LogP contribution < -0.4 is 24.4 Å². The molecular formula is C23H24N4O6. The van der Waals surface area contributed by atoms with Gasteiger partial charge in [0.05, 0.1) is 26.7 Å². The van der Waals surface area contributed by atoms with Crippen molar-refractivity contribution in [1.82, 2.24) is 10.2 Å². The third-order valence-electron chi connectivity index (χ3n) is 5.24. The number of aromatic nitrogens is 2. The fraction of sp³-hybridized carbons (Fsp3) is 0.304.